The van der Waals surface area contributed by atoms with Crippen molar-refractivity contribution in [3.8, 4) is 0 Å². The smallest absolute Gasteiger partial charge is 0.224 e. The number of nitrogens with one attached hydrogen (secondary N) is 1. The van der Waals surface area contributed by atoms with Gasteiger partial charge in [0.05, 0.1) is 13.0 Å². The number of benzene rings is 1. The fourth-order valence-electron chi connectivity index (χ4n) is 1.77. The first-order chi connectivity index (χ1) is 8.54. The number of aliphatic hydroxyl groups is 1. The molecule has 1 aliphatic carbocycles. The van der Waals surface area contributed by atoms with Crippen molar-refractivity contribution >= 4 is 5.91 Å². The van der Waals surface area contributed by atoms with Gasteiger partial charge in [-0.05, 0) is 31.0 Å². The number of carbonyl (C=O) groups is 1. The van der Waals surface area contributed by atoms with Crippen molar-refractivity contribution in [2.24, 2.45) is 5.41 Å². The van der Waals surface area contributed by atoms with Gasteiger partial charge in [-0.2, -0.15) is 0 Å². The zero-order chi connectivity index (χ0) is 13.2. The molecule has 1 fully saturated rings. The third kappa shape index (κ3) is 3.04. The van der Waals surface area contributed by atoms with Crippen LogP contribution in [0.4, 0.5) is 8.78 Å². The second-order valence-electron chi connectivity index (χ2n) is 4.85. The molecule has 0 unspecified atom stereocenters. The van der Waals surface area contributed by atoms with E-state index in [1.807, 2.05) is 0 Å². The summed E-state index contributed by atoms with van der Waals surface area (Å²) in [5.41, 5.74) is -0.141. The Labute approximate surface area is 104 Å². The molecule has 0 aliphatic heterocycles. The van der Waals surface area contributed by atoms with Crippen LogP contribution in [-0.4, -0.2) is 24.2 Å². The Bertz CT molecular complexity index is 458. The number of halogens is 2. The van der Waals surface area contributed by atoms with Gasteiger partial charge in [0.1, 0.15) is 11.6 Å². The molecule has 0 radical (unpaired) electrons. The summed E-state index contributed by atoms with van der Waals surface area (Å²) in [5.74, 6) is -1.51. The normalized spacial score (nSPS) is 16.4. The Hall–Kier alpha value is -1.49. The molecular weight excluding hydrogens is 240 g/mol. The van der Waals surface area contributed by atoms with E-state index >= 15 is 0 Å². The van der Waals surface area contributed by atoms with E-state index in [1.54, 1.807) is 0 Å². The van der Waals surface area contributed by atoms with Crippen molar-refractivity contribution in [1.82, 2.24) is 5.32 Å². The van der Waals surface area contributed by atoms with E-state index in [0.29, 0.717) is 6.54 Å². The van der Waals surface area contributed by atoms with Crippen LogP contribution in [0.5, 0.6) is 0 Å². The highest BCUT2D eigenvalue weighted by molar-refractivity contribution is 5.78. The summed E-state index contributed by atoms with van der Waals surface area (Å²) < 4.78 is 26.2. The average Bonchev–Trinajstić information content (AvgIpc) is 3.12. The minimum absolute atomic E-state index is 0.0429. The van der Waals surface area contributed by atoms with Crippen molar-refractivity contribution in [3.63, 3.8) is 0 Å². The van der Waals surface area contributed by atoms with Crippen LogP contribution in [-0.2, 0) is 11.2 Å². The fraction of sp³-hybridized carbons (Fsp3) is 0.462. The summed E-state index contributed by atoms with van der Waals surface area (Å²) in [6, 6.07) is 3.05. The first kappa shape index (κ1) is 13.0. The largest absolute Gasteiger partial charge is 0.396 e. The highest BCUT2D eigenvalue weighted by Gasteiger charge is 2.41. The van der Waals surface area contributed by atoms with E-state index in [-0.39, 0.29) is 29.9 Å². The van der Waals surface area contributed by atoms with E-state index in [4.69, 9.17) is 5.11 Å². The molecule has 18 heavy (non-hydrogen) atoms. The number of carbonyl (C=O) groups excluding carboxylic acids is 1. The number of aliphatic hydroxyl groups excluding tert-OH is 1. The van der Waals surface area contributed by atoms with Gasteiger partial charge in [0.2, 0.25) is 5.91 Å². The van der Waals surface area contributed by atoms with Gasteiger partial charge in [-0.15, -0.1) is 0 Å². The van der Waals surface area contributed by atoms with Gasteiger partial charge >= 0.3 is 0 Å². The van der Waals surface area contributed by atoms with Crippen molar-refractivity contribution in [3.05, 3.63) is 35.4 Å². The summed E-state index contributed by atoms with van der Waals surface area (Å²) >= 11 is 0. The molecule has 2 rings (SSSR count). The zero-order valence-electron chi connectivity index (χ0n) is 9.88. The second kappa shape index (κ2) is 5.02. The first-order valence-electron chi connectivity index (χ1n) is 5.86. The topological polar surface area (TPSA) is 49.3 Å². The molecule has 0 atom stereocenters. The minimum Gasteiger partial charge on any atom is -0.396 e. The van der Waals surface area contributed by atoms with Crippen LogP contribution in [0, 0.1) is 17.0 Å². The van der Waals surface area contributed by atoms with Gasteiger partial charge in [-0.1, -0.05) is 0 Å². The number of hydrogen-bond acceptors (Lipinski definition) is 2. The van der Waals surface area contributed by atoms with Crippen LogP contribution in [0.3, 0.4) is 0 Å². The third-order valence-electron chi connectivity index (χ3n) is 3.31. The molecule has 0 heterocycles. The molecule has 1 amide bonds. The van der Waals surface area contributed by atoms with Gasteiger partial charge in [-0.3, -0.25) is 4.79 Å². The van der Waals surface area contributed by atoms with Crippen LogP contribution in [0.15, 0.2) is 18.2 Å². The second-order valence-corrected chi connectivity index (χ2v) is 4.85. The number of rotatable bonds is 5. The lowest BCUT2D eigenvalue weighted by Gasteiger charge is -2.12. The molecule has 0 aromatic heterocycles. The standard InChI is InChI=1S/C13H15F2NO2/c14-10-1-2-11(15)9(5-10)6-12(18)16-7-13(8-17)3-4-13/h1-2,5,17H,3-4,6-8H2,(H,16,18). The van der Waals surface area contributed by atoms with Gasteiger partial charge < -0.3 is 10.4 Å². The van der Waals surface area contributed by atoms with Gasteiger partial charge in [0.15, 0.2) is 0 Å². The maximum absolute atomic E-state index is 13.3. The highest BCUT2D eigenvalue weighted by atomic mass is 19.1. The van der Waals surface area contributed by atoms with E-state index in [0.717, 1.165) is 31.0 Å². The molecule has 1 aromatic carbocycles. The Kier molecular flexibility index (Phi) is 3.61. The molecule has 0 bridgehead atoms. The van der Waals surface area contributed by atoms with Crippen molar-refractivity contribution in [1.29, 1.82) is 0 Å². The third-order valence-corrected chi connectivity index (χ3v) is 3.31. The monoisotopic (exact) mass is 255 g/mol. The van der Waals surface area contributed by atoms with Crippen LogP contribution in [0.1, 0.15) is 18.4 Å². The Morgan fingerprint density at radius 3 is 2.72 bits per heavy atom. The van der Waals surface area contributed by atoms with Gasteiger partial charge in [-0.25, -0.2) is 8.78 Å². The SMILES string of the molecule is O=C(Cc1cc(F)ccc1F)NCC1(CO)CC1. The Morgan fingerprint density at radius 2 is 2.11 bits per heavy atom. The van der Waals surface area contributed by atoms with Crippen molar-refractivity contribution < 1.29 is 18.7 Å². The molecule has 3 nitrogen and oxygen atoms in total. The number of amides is 1. The maximum atomic E-state index is 13.3. The lowest BCUT2D eigenvalue weighted by molar-refractivity contribution is -0.120. The summed E-state index contributed by atoms with van der Waals surface area (Å²) in [4.78, 5) is 11.6. The molecule has 0 spiro atoms. The predicted molar refractivity (Wildman–Crippen MR) is 61.8 cm³/mol. The maximum Gasteiger partial charge on any atom is 0.224 e. The van der Waals surface area contributed by atoms with Crippen LogP contribution in [0.25, 0.3) is 0 Å². The summed E-state index contributed by atoms with van der Waals surface area (Å²) in [6.07, 6.45) is 1.58. The summed E-state index contributed by atoms with van der Waals surface area (Å²) in [5, 5.41) is 11.7. The lowest BCUT2D eigenvalue weighted by atomic mass is 10.1. The fourth-order valence-corrected chi connectivity index (χ4v) is 1.77. The van der Waals surface area contributed by atoms with E-state index < -0.39 is 11.6 Å². The molecule has 1 aromatic rings. The van der Waals surface area contributed by atoms with E-state index in [1.165, 1.54) is 0 Å². The van der Waals surface area contributed by atoms with E-state index in [2.05, 4.69) is 5.32 Å². The van der Waals surface area contributed by atoms with Gasteiger partial charge in [0, 0.05) is 17.5 Å². The van der Waals surface area contributed by atoms with Crippen LogP contribution >= 0.6 is 0 Å². The molecule has 5 heteroatoms. The Morgan fingerprint density at radius 1 is 1.39 bits per heavy atom. The summed E-state index contributed by atoms with van der Waals surface area (Å²) in [6.45, 7) is 0.431. The highest BCUT2D eigenvalue weighted by Crippen LogP contribution is 2.44. The average molecular weight is 255 g/mol. The lowest BCUT2D eigenvalue weighted by Crippen LogP contribution is -2.33. The molecule has 98 valence electrons. The van der Waals surface area contributed by atoms with Crippen LogP contribution in [0.2, 0.25) is 0 Å². The predicted octanol–water partition coefficient (Wildman–Crippen LogP) is 1.40. The minimum atomic E-state index is -0.588. The Balaban J connectivity index is 1.89. The molecule has 0 saturated heterocycles. The molecular formula is C13H15F2NO2. The van der Waals surface area contributed by atoms with E-state index in [9.17, 15) is 13.6 Å². The molecule has 2 N–H and O–H groups in total. The zero-order valence-corrected chi connectivity index (χ0v) is 9.88. The van der Waals surface area contributed by atoms with Gasteiger partial charge in [0.25, 0.3) is 0 Å². The van der Waals surface area contributed by atoms with Crippen molar-refractivity contribution in [2.45, 2.75) is 19.3 Å². The van der Waals surface area contributed by atoms with Crippen molar-refractivity contribution in [2.75, 3.05) is 13.2 Å². The summed E-state index contributed by atoms with van der Waals surface area (Å²) in [7, 11) is 0. The number of hydrogen-bond donors (Lipinski definition) is 2. The van der Waals surface area contributed by atoms with Crippen LogP contribution < -0.4 is 5.32 Å². The molecule has 1 aliphatic rings. The molecule has 1 saturated carbocycles. The quantitative estimate of drug-likeness (QED) is 0.835. The first-order valence-corrected chi connectivity index (χ1v) is 5.86.